The summed E-state index contributed by atoms with van der Waals surface area (Å²) >= 11 is 0. The summed E-state index contributed by atoms with van der Waals surface area (Å²) in [6.45, 7) is 10.8. The lowest BCUT2D eigenvalue weighted by molar-refractivity contribution is 0.477. The van der Waals surface area contributed by atoms with E-state index in [1.807, 2.05) is 18.0 Å². The Labute approximate surface area is 92.2 Å². The first kappa shape index (κ1) is 12.0. The molecule has 15 heavy (non-hydrogen) atoms. The van der Waals surface area contributed by atoms with Gasteiger partial charge in [-0.3, -0.25) is 5.01 Å². The van der Waals surface area contributed by atoms with Gasteiger partial charge < -0.3 is 0 Å². The highest BCUT2D eigenvalue weighted by Crippen LogP contribution is 2.18. The van der Waals surface area contributed by atoms with E-state index in [0.29, 0.717) is 6.04 Å². The lowest BCUT2D eigenvalue weighted by atomic mass is 9.93. The second-order valence-corrected chi connectivity index (χ2v) is 5.11. The third-order valence-electron chi connectivity index (χ3n) is 2.80. The molecule has 1 heterocycles. The van der Waals surface area contributed by atoms with E-state index in [1.54, 1.807) is 0 Å². The number of hydrogen-bond donors (Lipinski definition) is 0. The lowest BCUT2D eigenvalue weighted by Crippen LogP contribution is -2.38. The molecule has 1 unspecified atom stereocenters. The maximum absolute atomic E-state index is 4.20. The summed E-state index contributed by atoms with van der Waals surface area (Å²) in [7, 11) is 2.04. The molecule has 1 aromatic heterocycles. The van der Waals surface area contributed by atoms with Crippen LogP contribution >= 0.6 is 0 Å². The van der Waals surface area contributed by atoms with Crippen LogP contribution in [-0.2, 0) is 5.41 Å². The van der Waals surface area contributed by atoms with Crippen molar-refractivity contribution in [2.75, 3.05) is 12.1 Å². The van der Waals surface area contributed by atoms with Crippen LogP contribution < -0.4 is 5.01 Å². The molecule has 0 N–H and O–H groups in total. The van der Waals surface area contributed by atoms with Crippen molar-refractivity contribution in [1.29, 1.82) is 0 Å². The molecule has 0 radical (unpaired) electrons. The topological polar surface area (TPSA) is 34.0 Å². The fourth-order valence-electron chi connectivity index (χ4n) is 1.22. The van der Waals surface area contributed by atoms with E-state index in [4.69, 9.17) is 0 Å². The summed E-state index contributed by atoms with van der Waals surface area (Å²) in [5.41, 5.74) is 1.09. The van der Waals surface area contributed by atoms with Crippen molar-refractivity contribution in [3.05, 3.63) is 11.9 Å². The van der Waals surface area contributed by atoms with Crippen molar-refractivity contribution in [1.82, 2.24) is 15.1 Å². The van der Waals surface area contributed by atoms with Crippen LogP contribution in [0.3, 0.4) is 0 Å². The Hall–Kier alpha value is -1.06. The van der Waals surface area contributed by atoms with Crippen molar-refractivity contribution >= 4 is 0 Å². The molecule has 1 atom stereocenters. The maximum Gasteiger partial charge on any atom is 0.0902 e. The van der Waals surface area contributed by atoms with E-state index in [1.165, 1.54) is 0 Å². The third kappa shape index (κ3) is 2.70. The van der Waals surface area contributed by atoms with Gasteiger partial charge in [-0.05, 0) is 18.6 Å². The highest BCUT2D eigenvalue weighted by molar-refractivity contribution is 5.07. The van der Waals surface area contributed by atoms with Crippen LogP contribution in [0.15, 0.2) is 6.20 Å². The number of hydrogen-bond acceptors (Lipinski definition) is 3. The molecule has 86 valence electrons. The average molecular weight is 210 g/mol. The van der Waals surface area contributed by atoms with Gasteiger partial charge in [-0.1, -0.05) is 27.7 Å². The SMILES string of the molecule is CCC(C)N(C)n1cc(C(C)(C)C)nn1. The smallest absolute Gasteiger partial charge is 0.0902 e. The molecule has 1 rings (SSSR count). The first-order valence-electron chi connectivity index (χ1n) is 5.52. The zero-order chi connectivity index (χ0) is 11.6. The summed E-state index contributed by atoms with van der Waals surface area (Å²) in [5, 5.41) is 10.4. The predicted octanol–water partition coefficient (Wildman–Crippen LogP) is 1.94. The molecule has 0 spiro atoms. The van der Waals surface area contributed by atoms with Crippen LogP contribution in [0.4, 0.5) is 0 Å². The highest BCUT2D eigenvalue weighted by atomic mass is 15.7. The van der Waals surface area contributed by atoms with E-state index in [9.17, 15) is 0 Å². The van der Waals surface area contributed by atoms with Gasteiger partial charge in [0.1, 0.15) is 0 Å². The molecule has 0 saturated carbocycles. The molecular weight excluding hydrogens is 188 g/mol. The molecule has 0 aliphatic rings. The molecule has 0 aliphatic carbocycles. The van der Waals surface area contributed by atoms with E-state index < -0.39 is 0 Å². The van der Waals surface area contributed by atoms with Crippen LogP contribution in [0.1, 0.15) is 46.7 Å². The minimum atomic E-state index is 0.0640. The highest BCUT2D eigenvalue weighted by Gasteiger charge is 2.19. The minimum Gasteiger partial charge on any atom is -0.296 e. The summed E-state index contributed by atoms with van der Waals surface area (Å²) in [4.78, 5) is 1.83. The van der Waals surface area contributed by atoms with Crippen LogP contribution in [0.2, 0.25) is 0 Å². The largest absolute Gasteiger partial charge is 0.296 e. The van der Waals surface area contributed by atoms with Gasteiger partial charge in [0.25, 0.3) is 0 Å². The number of nitrogens with zero attached hydrogens (tertiary/aromatic N) is 4. The van der Waals surface area contributed by atoms with Gasteiger partial charge in [-0.2, -0.15) is 4.79 Å². The quantitative estimate of drug-likeness (QED) is 0.764. The molecule has 4 nitrogen and oxygen atoms in total. The molecule has 0 aromatic carbocycles. The molecule has 0 bridgehead atoms. The monoisotopic (exact) mass is 210 g/mol. The van der Waals surface area contributed by atoms with E-state index in [0.717, 1.165) is 12.1 Å². The predicted molar refractivity (Wildman–Crippen MR) is 62.6 cm³/mol. The maximum atomic E-state index is 4.20. The van der Waals surface area contributed by atoms with E-state index >= 15 is 0 Å². The standard InChI is InChI=1S/C11H22N4/c1-7-9(2)14(6)15-8-10(12-13-15)11(3,4)5/h8-9H,7H2,1-6H3. The zero-order valence-electron chi connectivity index (χ0n) is 10.7. The first-order chi connectivity index (χ1) is 6.86. The first-order valence-corrected chi connectivity index (χ1v) is 5.52. The van der Waals surface area contributed by atoms with Gasteiger partial charge in [-0.25, -0.2) is 0 Å². The van der Waals surface area contributed by atoms with Crippen molar-refractivity contribution in [2.24, 2.45) is 0 Å². The van der Waals surface area contributed by atoms with E-state index in [-0.39, 0.29) is 5.41 Å². The van der Waals surface area contributed by atoms with Gasteiger partial charge in [0.2, 0.25) is 0 Å². The molecule has 1 aromatic rings. The van der Waals surface area contributed by atoms with Crippen molar-refractivity contribution in [3.63, 3.8) is 0 Å². The van der Waals surface area contributed by atoms with Crippen LogP contribution in [0.25, 0.3) is 0 Å². The van der Waals surface area contributed by atoms with Crippen LogP contribution in [-0.4, -0.2) is 28.2 Å². The molecule has 0 amide bonds. The molecule has 0 fully saturated rings. The van der Waals surface area contributed by atoms with Crippen molar-refractivity contribution in [3.8, 4) is 0 Å². The van der Waals surface area contributed by atoms with Crippen LogP contribution in [0, 0.1) is 0 Å². The second kappa shape index (κ2) is 4.21. The normalized spacial score (nSPS) is 14.0. The molecule has 0 saturated heterocycles. The summed E-state index contributed by atoms with van der Waals surface area (Å²) < 4.78 is 0. The summed E-state index contributed by atoms with van der Waals surface area (Å²) in [5.74, 6) is 0. The molecule has 4 heteroatoms. The van der Waals surface area contributed by atoms with Gasteiger partial charge in [0.15, 0.2) is 0 Å². The fraction of sp³-hybridized carbons (Fsp3) is 0.818. The van der Waals surface area contributed by atoms with Crippen molar-refractivity contribution in [2.45, 2.75) is 52.5 Å². The summed E-state index contributed by atoms with van der Waals surface area (Å²) in [6, 6.07) is 0.472. The summed E-state index contributed by atoms with van der Waals surface area (Å²) in [6.07, 6.45) is 3.10. The molecule has 0 aliphatic heterocycles. The second-order valence-electron chi connectivity index (χ2n) is 5.11. The van der Waals surface area contributed by atoms with Gasteiger partial charge in [-0.15, -0.1) is 5.10 Å². The zero-order valence-corrected chi connectivity index (χ0v) is 10.7. The van der Waals surface area contributed by atoms with Gasteiger partial charge in [0.05, 0.1) is 11.9 Å². The molecular formula is C11H22N4. The van der Waals surface area contributed by atoms with Crippen molar-refractivity contribution < 1.29 is 0 Å². The van der Waals surface area contributed by atoms with Gasteiger partial charge >= 0.3 is 0 Å². The Kier molecular flexibility index (Phi) is 3.37. The Morgan fingerprint density at radius 1 is 1.47 bits per heavy atom. The average Bonchev–Trinajstić information content (AvgIpc) is 2.63. The fourth-order valence-corrected chi connectivity index (χ4v) is 1.22. The Bertz CT molecular complexity index is 311. The lowest BCUT2D eigenvalue weighted by Gasteiger charge is -2.24. The Morgan fingerprint density at radius 2 is 2.07 bits per heavy atom. The van der Waals surface area contributed by atoms with Crippen LogP contribution in [0.5, 0.6) is 0 Å². The van der Waals surface area contributed by atoms with E-state index in [2.05, 4.69) is 49.9 Å². The van der Waals surface area contributed by atoms with Gasteiger partial charge in [0, 0.05) is 18.5 Å². The minimum absolute atomic E-state index is 0.0640. The number of aromatic nitrogens is 3. The Morgan fingerprint density at radius 3 is 2.47 bits per heavy atom. The number of rotatable bonds is 3. The Balaban J connectivity index is 2.85. The third-order valence-corrected chi connectivity index (χ3v) is 2.80.